The SMILES string of the molecule is CN[C@@H](CC(C)(C)OO)C(C)=O. The smallest absolute Gasteiger partial charge is 0.146 e. The van der Waals surface area contributed by atoms with Crippen molar-refractivity contribution >= 4 is 5.78 Å². The van der Waals surface area contributed by atoms with Gasteiger partial charge in [0.05, 0.1) is 11.6 Å². The maximum Gasteiger partial charge on any atom is 0.146 e. The Morgan fingerprint density at radius 3 is 2.42 bits per heavy atom. The van der Waals surface area contributed by atoms with Gasteiger partial charge in [0.2, 0.25) is 0 Å². The molecule has 0 saturated heterocycles. The van der Waals surface area contributed by atoms with E-state index in [1.807, 2.05) is 0 Å². The van der Waals surface area contributed by atoms with Crippen molar-refractivity contribution in [3.8, 4) is 0 Å². The molecule has 0 aliphatic rings. The lowest BCUT2D eigenvalue weighted by Crippen LogP contribution is -2.40. The highest BCUT2D eigenvalue weighted by Gasteiger charge is 2.25. The van der Waals surface area contributed by atoms with E-state index < -0.39 is 5.60 Å². The van der Waals surface area contributed by atoms with Crippen LogP contribution in [0, 0.1) is 0 Å². The second-order valence-corrected chi connectivity index (χ2v) is 3.51. The van der Waals surface area contributed by atoms with Gasteiger partial charge in [-0.05, 0) is 27.8 Å². The van der Waals surface area contributed by atoms with E-state index in [4.69, 9.17) is 5.26 Å². The monoisotopic (exact) mass is 175 g/mol. The van der Waals surface area contributed by atoms with Crippen LogP contribution in [0.4, 0.5) is 0 Å². The van der Waals surface area contributed by atoms with Gasteiger partial charge in [0.1, 0.15) is 5.78 Å². The van der Waals surface area contributed by atoms with Gasteiger partial charge >= 0.3 is 0 Å². The summed E-state index contributed by atoms with van der Waals surface area (Å²) in [5.41, 5.74) is -0.681. The van der Waals surface area contributed by atoms with Crippen LogP contribution in [0.15, 0.2) is 0 Å². The molecule has 0 unspecified atom stereocenters. The van der Waals surface area contributed by atoms with E-state index in [1.165, 1.54) is 6.92 Å². The van der Waals surface area contributed by atoms with E-state index in [-0.39, 0.29) is 11.8 Å². The number of ketones is 1. The molecule has 0 spiro atoms. The molecule has 0 aromatic rings. The van der Waals surface area contributed by atoms with Crippen LogP contribution in [0.1, 0.15) is 27.2 Å². The number of likely N-dealkylation sites (N-methyl/N-ethyl adjacent to an activating group) is 1. The third-order valence-electron chi connectivity index (χ3n) is 1.78. The maximum absolute atomic E-state index is 11.0. The van der Waals surface area contributed by atoms with Crippen molar-refractivity contribution in [3.63, 3.8) is 0 Å². The summed E-state index contributed by atoms with van der Waals surface area (Å²) in [4.78, 5) is 15.2. The third-order valence-corrected chi connectivity index (χ3v) is 1.78. The van der Waals surface area contributed by atoms with Crippen LogP contribution in [0.5, 0.6) is 0 Å². The lowest BCUT2D eigenvalue weighted by Gasteiger charge is -2.24. The minimum absolute atomic E-state index is 0.0441. The molecule has 0 radical (unpaired) electrons. The second kappa shape index (κ2) is 4.54. The van der Waals surface area contributed by atoms with E-state index in [0.717, 1.165) is 0 Å². The normalized spacial score (nSPS) is 14.4. The number of Topliss-reactive ketones (excluding diaryl/α,β-unsaturated/α-hetero) is 1. The number of hydrogen-bond acceptors (Lipinski definition) is 4. The Kier molecular flexibility index (Phi) is 4.37. The topological polar surface area (TPSA) is 58.6 Å². The molecule has 0 aromatic heterocycles. The Morgan fingerprint density at radius 2 is 2.17 bits per heavy atom. The third kappa shape index (κ3) is 3.80. The van der Waals surface area contributed by atoms with Gasteiger partial charge < -0.3 is 5.32 Å². The molecule has 0 aliphatic carbocycles. The fraction of sp³-hybridized carbons (Fsp3) is 0.875. The number of nitrogens with one attached hydrogen (secondary N) is 1. The Hall–Kier alpha value is -0.450. The largest absolute Gasteiger partial charge is 0.310 e. The van der Waals surface area contributed by atoms with Gasteiger partial charge in [-0.15, -0.1) is 0 Å². The number of carbonyl (C=O) groups excluding carboxylic acids is 1. The molecule has 0 rings (SSSR count). The molecule has 0 aliphatic heterocycles. The Morgan fingerprint density at radius 1 is 1.67 bits per heavy atom. The van der Waals surface area contributed by atoms with Gasteiger partial charge in [0, 0.05) is 6.42 Å². The first-order valence-corrected chi connectivity index (χ1v) is 3.93. The van der Waals surface area contributed by atoms with Gasteiger partial charge in [-0.2, -0.15) is 0 Å². The number of carbonyl (C=O) groups is 1. The van der Waals surface area contributed by atoms with Crippen molar-refractivity contribution in [1.82, 2.24) is 5.32 Å². The van der Waals surface area contributed by atoms with E-state index in [1.54, 1.807) is 20.9 Å². The molecule has 0 amide bonds. The van der Waals surface area contributed by atoms with Crippen molar-refractivity contribution in [2.24, 2.45) is 0 Å². The van der Waals surface area contributed by atoms with Crippen LogP contribution in [0.3, 0.4) is 0 Å². The molecule has 4 heteroatoms. The zero-order valence-corrected chi connectivity index (χ0v) is 8.05. The van der Waals surface area contributed by atoms with E-state index in [9.17, 15) is 4.79 Å². The molecule has 0 fully saturated rings. The summed E-state index contributed by atoms with van der Waals surface area (Å²) in [6, 6.07) is -0.257. The van der Waals surface area contributed by atoms with Crippen LogP contribution in [0.25, 0.3) is 0 Å². The van der Waals surface area contributed by atoms with Crippen molar-refractivity contribution in [2.45, 2.75) is 38.8 Å². The van der Waals surface area contributed by atoms with E-state index in [2.05, 4.69) is 10.2 Å². The summed E-state index contributed by atoms with van der Waals surface area (Å²) in [7, 11) is 1.71. The Bertz CT molecular complexity index is 156. The first kappa shape index (κ1) is 11.6. The van der Waals surface area contributed by atoms with Gasteiger partial charge in [0.25, 0.3) is 0 Å². The minimum Gasteiger partial charge on any atom is -0.310 e. The molecule has 0 bridgehead atoms. The van der Waals surface area contributed by atoms with Crippen LogP contribution in [-0.4, -0.2) is 29.7 Å². The lowest BCUT2D eigenvalue weighted by molar-refractivity contribution is -0.314. The predicted octanol–water partition coefficient (Wildman–Crippen LogP) is 0.822. The van der Waals surface area contributed by atoms with Crippen LogP contribution in [0.2, 0.25) is 0 Å². The van der Waals surface area contributed by atoms with Crippen molar-refractivity contribution in [2.75, 3.05) is 7.05 Å². The van der Waals surface area contributed by atoms with Crippen LogP contribution >= 0.6 is 0 Å². The molecule has 1 atom stereocenters. The summed E-state index contributed by atoms with van der Waals surface area (Å²) >= 11 is 0. The molecular formula is C8H17NO3. The highest BCUT2D eigenvalue weighted by molar-refractivity contribution is 5.81. The maximum atomic E-state index is 11.0. The predicted molar refractivity (Wildman–Crippen MR) is 45.9 cm³/mol. The Labute approximate surface area is 72.8 Å². The van der Waals surface area contributed by atoms with Crippen molar-refractivity contribution in [1.29, 1.82) is 0 Å². The van der Waals surface area contributed by atoms with E-state index >= 15 is 0 Å². The molecule has 72 valence electrons. The summed E-state index contributed by atoms with van der Waals surface area (Å²) in [6.45, 7) is 4.95. The highest BCUT2D eigenvalue weighted by Crippen LogP contribution is 2.15. The zero-order valence-electron chi connectivity index (χ0n) is 8.05. The first-order valence-electron chi connectivity index (χ1n) is 3.93. The number of rotatable bonds is 5. The molecule has 0 saturated carbocycles. The van der Waals surface area contributed by atoms with Gasteiger partial charge in [-0.1, -0.05) is 0 Å². The average Bonchev–Trinajstić information content (AvgIpc) is 2.00. The van der Waals surface area contributed by atoms with Crippen molar-refractivity contribution < 1.29 is 14.9 Å². The molecule has 4 nitrogen and oxygen atoms in total. The lowest BCUT2D eigenvalue weighted by atomic mass is 9.97. The quantitative estimate of drug-likeness (QED) is 0.480. The minimum atomic E-state index is -0.681. The average molecular weight is 175 g/mol. The van der Waals surface area contributed by atoms with Gasteiger partial charge in [-0.25, -0.2) is 4.89 Å². The van der Waals surface area contributed by atoms with Crippen LogP contribution in [-0.2, 0) is 9.68 Å². The zero-order chi connectivity index (χ0) is 9.78. The molecule has 2 N–H and O–H groups in total. The molecule has 0 heterocycles. The fourth-order valence-corrected chi connectivity index (χ4v) is 0.978. The summed E-state index contributed by atoms with van der Waals surface area (Å²) < 4.78 is 0. The standard InChI is InChI=1S/C8H17NO3/c1-6(10)7(9-4)5-8(2,3)12-11/h7,9,11H,5H2,1-4H3/t7-/m0/s1. The van der Waals surface area contributed by atoms with Crippen LogP contribution < -0.4 is 5.32 Å². The summed E-state index contributed by atoms with van der Waals surface area (Å²) in [6.07, 6.45) is 0.454. The molecular weight excluding hydrogens is 158 g/mol. The highest BCUT2D eigenvalue weighted by atomic mass is 17.1. The summed E-state index contributed by atoms with van der Waals surface area (Å²) in [5.74, 6) is 0.0441. The molecule has 0 aromatic carbocycles. The Balaban J connectivity index is 4.11. The second-order valence-electron chi connectivity index (χ2n) is 3.51. The van der Waals surface area contributed by atoms with Crippen molar-refractivity contribution in [3.05, 3.63) is 0 Å². The number of hydrogen-bond donors (Lipinski definition) is 2. The first-order chi connectivity index (χ1) is 5.43. The summed E-state index contributed by atoms with van der Waals surface area (Å²) in [5, 5.41) is 11.3. The van der Waals surface area contributed by atoms with E-state index in [0.29, 0.717) is 6.42 Å². The molecule has 12 heavy (non-hydrogen) atoms. The van der Waals surface area contributed by atoms with Gasteiger partial charge in [-0.3, -0.25) is 10.1 Å². The van der Waals surface area contributed by atoms with Gasteiger partial charge in [0.15, 0.2) is 0 Å². The fourth-order valence-electron chi connectivity index (χ4n) is 0.978.